The summed E-state index contributed by atoms with van der Waals surface area (Å²) in [5.74, 6) is 1.000. The average Bonchev–Trinajstić information content (AvgIpc) is 3.28. The molecule has 0 radical (unpaired) electrons. The van der Waals surface area contributed by atoms with Crippen molar-refractivity contribution < 1.29 is 19.1 Å². The maximum Gasteiger partial charge on any atom is 0.407 e. The van der Waals surface area contributed by atoms with Crippen molar-refractivity contribution >= 4 is 56.8 Å². The maximum atomic E-state index is 12.8. The van der Waals surface area contributed by atoms with Crippen molar-refractivity contribution in [1.29, 1.82) is 0 Å². The van der Waals surface area contributed by atoms with Crippen molar-refractivity contribution in [3.05, 3.63) is 48.9 Å². The number of thioether (sulfide) groups is 1. The van der Waals surface area contributed by atoms with Crippen molar-refractivity contribution in [2.45, 2.75) is 4.34 Å². The van der Waals surface area contributed by atoms with E-state index < -0.39 is 6.09 Å². The van der Waals surface area contributed by atoms with Gasteiger partial charge in [-0.05, 0) is 18.2 Å². The second kappa shape index (κ2) is 11.8. The zero-order valence-corrected chi connectivity index (χ0v) is 20.0. The molecule has 1 saturated heterocycles. The van der Waals surface area contributed by atoms with Gasteiger partial charge in [-0.2, -0.15) is 0 Å². The number of anilines is 2. The summed E-state index contributed by atoms with van der Waals surface area (Å²) in [6, 6.07) is 5.57. The number of morpholine rings is 1. The van der Waals surface area contributed by atoms with E-state index in [2.05, 4.69) is 37.1 Å². The number of carbonyl (C=O) groups excluding carboxylic acids is 2. The maximum absolute atomic E-state index is 12.8. The van der Waals surface area contributed by atoms with E-state index in [-0.39, 0.29) is 18.2 Å². The summed E-state index contributed by atoms with van der Waals surface area (Å²) < 4.78 is 12.1. The lowest BCUT2D eigenvalue weighted by Crippen LogP contribution is -2.37. The number of thiazole rings is 1. The quantitative estimate of drug-likeness (QED) is 0.259. The van der Waals surface area contributed by atoms with E-state index in [1.54, 1.807) is 18.0 Å². The second-order valence-corrected chi connectivity index (χ2v) is 9.51. The molecule has 10 nitrogen and oxygen atoms in total. The number of ether oxygens (including phenoxy) is 2. The Morgan fingerprint density at radius 3 is 2.94 bits per heavy atom. The van der Waals surface area contributed by atoms with Gasteiger partial charge in [0.2, 0.25) is 0 Å². The Morgan fingerprint density at radius 2 is 2.12 bits per heavy atom. The molecule has 12 heteroatoms. The molecule has 0 aliphatic carbocycles. The number of alkyl carbamates (subject to hydrolysis) is 1. The number of nitrogens with zero attached hydrogens (tertiary/aromatic N) is 4. The van der Waals surface area contributed by atoms with E-state index in [0.29, 0.717) is 37.0 Å². The number of amides is 2. The number of fused-ring (bicyclic) bond motifs is 1. The van der Waals surface area contributed by atoms with Gasteiger partial charge in [0.15, 0.2) is 4.34 Å². The highest BCUT2D eigenvalue weighted by Crippen LogP contribution is 2.31. The van der Waals surface area contributed by atoms with Crippen LogP contribution >= 0.6 is 23.1 Å². The van der Waals surface area contributed by atoms with Gasteiger partial charge in [0.05, 0.1) is 35.8 Å². The minimum absolute atomic E-state index is 0.182. The fourth-order valence-electron chi connectivity index (χ4n) is 3.13. The molecule has 1 aliphatic heterocycles. The predicted molar refractivity (Wildman–Crippen MR) is 133 cm³/mol. The van der Waals surface area contributed by atoms with Crippen LogP contribution in [0.15, 0.2) is 47.6 Å². The van der Waals surface area contributed by atoms with Crippen LogP contribution in [0.25, 0.3) is 10.2 Å². The number of hydrogen-bond donors (Lipinski definition) is 2. The normalized spacial score (nSPS) is 13.5. The van der Waals surface area contributed by atoms with E-state index in [1.807, 2.05) is 18.2 Å². The number of carbonyl (C=O) groups is 2. The molecule has 1 fully saturated rings. The van der Waals surface area contributed by atoms with E-state index >= 15 is 0 Å². The number of rotatable bonds is 9. The lowest BCUT2D eigenvalue weighted by atomic mass is 10.3. The number of hydrogen-bond acceptors (Lipinski definition) is 10. The third kappa shape index (κ3) is 6.43. The van der Waals surface area contributed by atoms with E-state index in [4.69, 9.17) is 9.47 Å². The van der Waals surface area contributed by atoms with Gasteiger partial charge < -0.3 is 25.0 Å². The molecule has 2 aromatic heterocycles. The smallest absolute Gasteiger partial charge is 0.407 e. The Kier molecular flexibility index (Phi) is 8.28. The van der Waals surface area contributed by atoms with Crippen molar-refractivity contribution in [2.24, 2.45) is 0 Å². The van der Waals surface area contributed by atoms with Crippen LogP contribution in [0.4, 0.5) is 16.3 Å². The van der Waals surface area contributed by atoms with Crippen LogP contribution < -0.4 is 15.5 Å². The first-order chi connectivity index (χ1) is 16.6. The summed E-state index contributed by atoms with van der Waals surface area (Å²) in [6.45, 7) is 6.84. The number of nitrogens with one attached hydrogen (secondary N) is 2. The van der Waals surface area contributed by atoms with Crippen molar-refractivity contribution in [2.75, 3.05) is 55.4 Å². The van der Waals surface area contributed by atoms with Crippen molar-refractivity contribution in [3.63, 3.8) is 0 Å². The van der Waals surface area contributed by atoms with Gasteiger partial charge in [0.1, 0.15) is 18.1 Å². The molecular weight excluding hydrogens is 476 g/mol. The standard InChI is InChI=1S/C22H24N6O4S2/c1-2-8-32-21(30)24-5-11-33-22-27-16-4-3-15(12-18(16)34-22)25-20(29)17-13-23-14-19(26-17)28-6-9-31-10-7-28/h2-4,12-14H,1,5-11H2,(H,24,30)(H,25,29). The Hall–Kier alpha value is -3.22. The van der Waals surface area contributed by atoms with Crippen molar-refractivity contribution in [1.82, 2.24) is 20.3 Å². The molecule has 0 bridgehead atoms. The Balaban J connectivity index is 1.33. The number of benzene rings is 1. The van der Waals surface area contributed by atoms with Gasteiger partial charge in [-0.3, -0.25) is 9.78 Å². The van der Waals surface area contributed by atoms with Crippen LogP contribution in [-0.2, 0) is 9.47 Å². The highest BCUT2D eigenvalue weighted by atomic mass is 32.2. The average molecular weight is 501 g/mol. The third-order valence-corrected chi connectivity index (χ3v) is 6.91. The van der Waals surface area contributed by atoms with Crippen molar-refractivity contribution in [3.8, 4) is 0 Å². The summed E-state index contributed by atoms with van der Waals surface area (Å²) in [6.07, 6.45) is 4.16. The zero-order valence-electron chi connectivity index (χ0n) is 18.4. The SMILES string of the molecule is C=CCOC(=O)NCCSc1nc2ccc(NC(=O)c3cncc(N4CCOCC4)n3)cc2s1. The van der Waals surface area contributed by atoms with Gasteiger partial charge in [0.25, 0.3) is 5.91 Å². The van der Waals surface area contributed by atoms with E-state index in [0.717, 1.165) is 27.6 Å². The first-order valence-corrected chi connectivity index (χ1v) is 12.4. The van der Waals surface area contributed by atoms with Crippen LogP contribution in [0, 0.1) is 0 Å². The second-order valence-electron chi connectivity index (χ2n) is 7.14. The highest BCUT2D eigenvalue weighted by molar-refractivity contribution is 8.01. The summed E-state index contributed by atoms with van der Waals surface area (Å²) in [5.41, 5.74) is 1.75. The van der Waals surface area contributed by atoms with Gasteiger partial charge in [-0.15, -0.1) is 11.3 Å². The summed E-state index contributed by atoms with van der Waals surface area (Å²) >= 11 is 3.07. The fraction of sp³-hybridized carbons (Fsp3) is 0.318. The fourth-order valence-corrected chi connectivity index (χ4v) is 5.16. The Bertz CT molecular complexity index is 1170. The van der Waals surface area contributed by atoms with Gasteiger partial charge in [-0.1, -0.05) is 24.4 Å². The van der Waals surface area contributed by atoms with Gasteiger partial charge in [-0.25, -0.2) is 14.8 Å². The van der Waals surface area contributed by atoms with Crippen LogP contribution in [0.5, 0.6) is 0 Å². The molecule has 0 unspecified atom stereocenters. The lowest BCUT2D eigenvalue weighted by molar-refractivity contribution is 0.102. The van der Waals surface area contributed by atoms with E-state index in [9.17, 15) is 9.59 Å². The largest absolute Gasteiger partial charge is 0.445 e. The van der Waals surface area contributed by atoms with Crippen LogP contribution in [-0.4, -0.2) is 72.2 Å². The van der Waals surface area contributed by atoms with E-state index in [1.165, 1.54) is 23.6 Å². The zero-order chi connectivity index (χ0) is 23.8. The minimum Gasteiger partial charge on any atom is -0.445 e. The first kappa shape index (κ1) is 23.9. The third-order valence-electron chi connectivity index (χ3n) is 4.75. The topological polar surface area (TPSA) is 119 Å². The molecule has 3 heterocycles. The van der Waals surface area contributed by atoms with Crippen LogP contribution in [0.2, 0.25) is 0 Å². The highest BCUT2D eigenvalue weighted by Gasteiger charge is 2.16. The summed E-state index contributed by atoms with van der Waals surface area (Å²) in [7, 11) is 0. The molecular formula is C22H24N6O4S2. The number of aromatic nitrogens is 3. The Morgan fingerprint density at radius 1 is 1.26 bits per heavy atom. The van der Waals surface area contributed by atoms with Gasteiger partial charge >= 0.3 is 6.09 Å². The molecule has 0 saturated carbocycles. The molecule has 2 N–H and O–H groups in total. The molecule has 34 heavy (non-hydrogen) atoms. The lowest BCUT2D eigenvalue weighted by Gasteiger charge is -2.27. The molecule has 1 aliphatic rings. The molecule has 0 spiro atoms. The first-order valence-electron chi connectivity index (χ1n) is 10.6. The predicted octanol–water partition coefficient (Wildman–Crippen LogP) is 3.18. The van der Waals surface area contributed by atoms with Crippen LogP contribution in [0.1, 0.15) is 10.5 Å². The molecule has 0 atom stereocenters. The van der Waals surface area contributed by atoms with Gasteiger partial charge in [0, 0.05) is 31.1 Å². The molecule has 2 amide bonds. The molecule has 1 aromatic carbocycles. The monoisotopic (exact) mass is 500 g/mol. The summed E-state index contributed by atoms with van der Waals surface area (Å²) in [4.78, 5) is 39.5. The Labute approximate surface area is 204 Å². The molecule has 178 valence electrons. The minimum atomic E-state index is -0.467. The molecule has 4 rings (SSSR count). The van der Waals surface area contributed by atoms with Crippen LogP contribution in [0.3, 0.4) is 0 Å². The summed E-state index contributed by atoms with van der Waals surface area (Å²) in [5, 5.41) is 5.56. The molecule has 3 aromatic rings.